The smallest absolute Gasteiger partial charge is 0.454 e. The minimum atomic E-state index is -5.53. The summed E-state index contributed by atoms with van der Waals surface area (Å²) in [6.07, 6.45) is -1.76. The number of hydrogen-bond donors (Lipinski definition) is 0. The van der Waals surface area contributed by atoms with Gasteiger partial charge in [-0.15, -0.1) is 0 Å². The van der Waals surface area contributed by atoms with Gasteiger partial charge in [0.25, 0.3) is 0 Å². The van der Waals surface area contributed by atoms with Crippen molar-refractivity contribution in [3.8, 4) is 5.75 Å². The average Bonchev–Trinajstić information content (AvgIpc) is 3.39. The standard InChI is InChI=1S/C20H25F6NO3S/c1-31(28,29)18-3-2-15(11-17(18)21)30-9-6-14-10-16(14)13-4-7-27(8-5-13)12-19(22,23)20(24,25)26/h2-3,11,13-14,16H,4-10,12H2,1H3/t14?,16-/m1/s1. The van der Waals surface area contributed by atoms with Crippen molar-refractivity contribution in [2.24, 2.45) is 17.8 Å². The lowest BCUT2D eigenvalue weighted by Gasteiger charge is -2.34. The molecule has 3 rings (SSSR count). The number of rotatable bonds is 8. The molecule has 0 bridgehead atoms. The number of sulfone groups is 1. The zero-order valence-electron chi connectivity index (χ0n) is 17.0. The van der Waals surface area contributed by atoms with Gasteiger partial charge in [-0.1, -0.05) is 0 Å². The topological polar surface area (TPSA) is 46.6 Å². The van der Waals surface area contributed by atoms with Crippen molar-refractivity contribution in [3.63, 3.8) is 0 Å². The molecule has 0 spiro atoms. The lowest BCUT2D eigenvalue weighted by molar-refractivity contribution is -0.287. The number of hydrogen-bond acceptors (Lipinski definition) is 4. The van der Waals surface area contributed by atoms with E-state index in [-0.39, 0.29) is 23.7 Å². The van der Waals surface area contributed by atoms with Gasteiger partial charge in [0.1, 0.15) is 16.5 Å². The first-order chi connectivity index (χ1) is 14.3. The highest BCUT2D eigenvalue weighted by Crippen LogP contribution is 2.50. The molecule has 2 atom stereocenters. The molecular formula is C20H25F6NO3S. The molecule has 1 aromatic rings. The molecule has 1 saturated carbocycles. The molecule has 0 radical (unpaired) electrons. The van der Waals surface area contributed by atoms with Crippen molar-refractivity contribution in [2.45, 2.75) is 42.7 Å². The van der Waals surface area contributed by atoms with Gasteiger partial charge < -0.3 is 4.74 Å². The fourth-order valence-electron chi connectivity index (χ4n) is 4.29. The summed E-state index contributed by atoms with van der Waals surface area (Å²) >= 11 is 0. The number of alkyl halides is 5. The Kier molecular flexibility index (Phi) is 6.86. The molecule has 4 nitrogen and oxygen atoms in total. The van der Waals surface area contributed by atoms with Crippen LogP contribution >= 0.6 is 0 Å². The summed E-state index contributed by atoms with van der Waals surface area (Å²) in [7, 11) is -3.65. The van der Waals surface area contributed by atoms with E-state index >= 15 is 0 Å². The van der Waals surface area contributed by atoms with E-state index in [1.165, 1.54) is 11.0 Å². The zero-order chi connectivity index (χ0) is 23.0. The molecule has 1 aliphatic heterocycles. The predicted octanol–water partition coefficient (Wildman–Crippen LogP) is 4.54. The van der Waals surface area contributed by atoms with Crippen LogP contribution in [0.4, 0.5) is 26.3 Å². The number of likely N-dealkylation sites (tertiary alicyclic amines) is 1. The van der Waals surface area contributed by atoms with Gasteiger partial charge >= 0.3 is 12.1 Å². The summed E-state index contributed by atoms with van der Waals surface area (Å²) in [6, 6.07) is 3.60. The molecule has 1 unspecified atom stereocenters. The Morgan fingerprint density at radius 2 is 1.77 bits per heavy atom. The van der Waals surface area contributed by atoms with E-state index in [2.05, 4.69) is 0 Å². The minimum Gasteiger partial charge on any atom is -0.493 e. The molecule has 0 amide bonds. The van der Waals surface area contributed by atoms with Gasteiger partial charge in [-0.2, -0.15) is 22.0 Å². The van der Waals surface area contributed by atoms with E-state index in [9.17, 15) is 34.8 Å². The second kappa shape index (κ2) is 8.80. The van der Waals surface area contributed by atoms with Crippen molar-refractivity contribution < 1.29 is 39.5 Å². The maximum Gasteiger partial charge on any atom is 0.454 e. The van der Waals surface area contributed by atoms with Crippen molar-refractivity contribution in [2.75, 3.05) is 32.5 Å². The van der Waals surface area contributed by atoms with Gasteiger partial charge in [0, 0.05) is 12.3 Å². The quantitative estimate of drug-likeness (QED) is 0.520. The van der Waals surface area contributed by atoms with Gasteiger partial charge in [0.15, 0.2) is 9.84 Å². The number of ether oxygens (including phenoxy) is 1. The van der Waals surface area contributed by atoms with Gasteiger partial charge in [-0.05, 0) is 68.7 Å². The van der Waals surface area contributed by atoms with E-state index in [0.29, 0.717) is 43.6 Å². The molecule has 2 aliphatic rings. The second-order valence-electron chi connectivity index (χ2n) is 8.48. The first kappa shape index (κ1) is 24.2. The Morgan fingerprint density at radius 1 is 1.13 bits per heavy atom. The van der Waals surface area contributed by atoms with Crippen molar-refractivity contribution >= 4 is 9.84 Å². The molecule has 0 aromatic heterocycles. The van der Waals surface area contributed by atoms with Gasteiger partial charge in [-0.3, -0.25) is 4.90 Å². The summed E-state index contributed by atoms with van der Waals surface area (Å²) in [6.45, 7) is -0.515. The van der Waals surface area contributed by atoms with E-state index in [1.54, 1.807) is 0 Å². The average molecular weight is 473 g/mol. The number of nitrogens with zero attached hydrogens (tertiary/aromatic N) is 1. The summed E-state index contributed by atoms with van der Waals surface area (Å²) in [4.78, 5) is 0.792. The van der Waals surface area contributed by atoms with Gasteiger partial charge in [0.2, 0.25) is 0 Å². The molecule has 1 heterocycles. The monoisotopic (exact) mass is 473 g/mol. The highest BCUT2D eigenvalue weighted by Gasteiger charge is 2.58. The van der Waals surface area contributed by atoms with E-state index in [1.807, 2.05) is 0 Å². The molecule has 1 aliphatic carbocycles. The van der Waals surface area contributed by atoms with E-state index < -0.39 is 34.3 Å². The Morgan fingerprint density at radius 3 is 2.32 bits per heavy atom. The Bertz CT molecular complexity index is 881. The highest BCUT2D eigenvalue weighted by molar-refractivity contribution is 7.90. The Labute approximate surface area is 177 Å². The molecular weight excluding hydrogens is 448 g/mol. The maximum absolute atomic E-state index is 13.9. The first-order valence-electron chi connectivity index (χ1n) is 10.1. The molecule has 2 fully saturated rings. The van der Waals surface area contributed by atoms with Crippen molar-refractivity contribution in [3.05, 3.63) is 24.0 Å². The maximum atomic E-state index is 13.9. The van der Waals surface area contributed by atoms with Crippen molar-refractivity contribution in [1.82, 2.24) is 4.90 Å². The second-order valence-corrected chi connectivity index (χ2v) is 10.5. The van der Waals surface area contributed by atoms with Crippen LogP contribution in [0.5, 0.6) is 5.75 Å². The molecule has 176 valence electrons. The summed E-state index contributed by atoms with van der Waals surface area (Å²) in [5, 5.41) is 0. The van der Waals surface area contributed by atoms with Crippen LogP contribution < -0.4 is 4.74 Å². The third-order valence-corrected chi connectivity index (χ3v) is 7.24. The van der Waals surface area contributed by atoms with Crippen LogP contribution in [-0.4, -0.2) is 57.9 Å². The van der Waals surface area contributed by atoms with Crippen LogP contribution in [-0.2, 0) is 9.84 Å². The van der Waals surface area contributed by atoms with Crippen LogP contribution in [0.3, 0.4) is 0 Å². The van der Waals surface area contributed by atoms with Crippen LogP contribution in [0.2, 0.25) is 0 Å². The van der Waals surface area contributed by atoms with Crippen LogP contribution in [0.15, 0.2) is 23.1 Å². The molecule has 1 saturated heterocycles. The predicted molar refractivity (Wildman–Crippen MR) is 101 cm³/mol. The van der Waals surface area contributed by atoms with Crippen molar-refractivity contribution in [1.29, 1.82) is 0 Å². The summed E-state index contributed by atoms with van der Waals surface area (Å²) in [5.41, 5.74) is 0. The van der Waals surface area contributed by atoms with Crippen LogP contribution in [0, 0.1) is 23.6 Å². The number of halogens is 6. The van der Waals surface area contributed by atoms with Crippen LogP contribution in [0.25, 0.3) is 0 Å². The minimum absolute atomic E-state index is 0.224. The lowest BCUT2D eigenvalue weighted by Crippen LogP contribution is -2.49. The third kappa shape index (κ3) is 6.06. The third-order valence-electron chi connectivity index (χ3n) is 6.11. The SMILES string of the molecule is CS(=O)(=O)c1ccc(OCCC2C[C@@H]2C2CCN(CC(F)(F)C(F)(F)F)CC2)cc1F. The largest absolute Gasteiger partial charge is 0.493 e. The Hall–Kier alpha value is -1.49. The fourth-order valence-corrected chi connectivity index (χ4v) is 5.02. The molecule has 31 heavy (non-hydrogen) atoms. The Balaban J connectivity index is 1.39. The first-order valence-corrected chi connectivity index (χ1v) is 12.0. The van der Waals surface area contributed by atoms with E-state index in [0.717, 1.165) is 24.8 Å². The molecule has 1 aromatic carbocycles. The normalized spacial score (nSPS) is 23.7. The number of benzene rings is 1. The molecule has 11 heteroatoms. The fraction of sp³-hybridized carbons (Fsp3) is 0.700. The van der Waals surface area contributed by atoms with Gasteiger partial charge in [0.05, 0.1) is 13.2 Å². The summed E-state index contributed by atoms with van der Waals surface area (Å²) < 4.78 is 106. The van der Waals surface area contributed by atoms with Gasteiger partial charge in [-0.25, -0.2) is 12.8 Å². The summed E-state index contributed by atoms with van der Waals surface area (Å²) in [5.74, 6) is -4.25. The number of piperidine rings is 1. The lowest BCUT2D eigenvalue weighted by atomic mass is 9.90. The highest BCUT2D eigenvalue weighted by atomic mass is 32.2. The zero-order valence-corrected chi connectivity index (χ0v) is 17.8. The van der Waals surface area contributed by atoms with Crippen LogP contribution in [0.1, 0.15) is 25.7 Å². The molecule has 0 N–H and O–H groups in total. The van der Waals surface area contributed by atoms with E-state index in [4.69, 9.17) is 4.74 Å².